The number of aliphatic imine (C=N–C) groups is 1. The van der Waals surface area contributed by atoms with E-state index < -0.39 is 0 Å². The van der Waals surface area contributed by atoms with Gasteiger partial charge in [-0.05, 0) is 49.9 Å². The summed E-state index contributed by atoms with van der Waals surface area (Å²) in [5.41, 5.74) is 3.48. The lowest BCUT2D eigenvalue weighted by atomic mass is 10.1. The smallest absolute Gasteiger partial charge is 0.191 e. The summed E-state index contributed by atoms with van der Waals surface area (Å²) in [5.74, 6) is 0.809. The van der Waals surface area contributed by atoms with Crippen molar-refractivity contribution in [2.24, 2.45) is 4.99 Å². The molecule has 0 aliphatic rings. The van der Waals surface area contributed by atoms with Crippen LogP contribution >= 0.6 is 35.6 Å². The van der Waals surface area contributed by atoms with Gasteiger partial charge in [-0.1, -0.05) is 41.9 Å². The van der Waals surface area contributed by atoms with Crippen LogP contribution in [0.1, 0.15) is 37.5 Å². The molecular formula is C21H30ClIN4O. The van der Waals surface area contributed by atoms with Crippen LogP contribution in [0.25, 0.3) is 0 Å². The Bertz CT molecular complexity index is 723. The Morgan fingerprint density at radius 3 is 2.61 bits per heavy atom. The van der Waals surface area contributed by atoms with Gasteiger partial charge < -0.3 is 15.4 Å². The van der Waals surface area contributed by atoms with Gasteiger partial charge in [0.05, 0.1) is 19.3 Å². The van der Waals surface area contributed by atoms with E-state index in [4.69, 9.17) is 16.3 Å². The molecule has 0 saturated heterocycles. The number of nitrogens with zero attached hydrogens (tertiary/aromatic N) is 2. The van der Waals surface area contributed by atoms with Crippen LogP contribution in [0.2, 0.25) is 5.15 Å². The van der Waals surface area contributed by atoms with Gasteiger partial charge in [0.2, 0.25) is 0 Å². The molecular weight excluding hydrogens is 487 g/mol. The Morgan fingerprint density at radius 2 is 1.93 bits per heavy atom. The zero-order valence-electron chi connectivity index (χ0n) is 16.7. The number of hydrogen-bond acceptors (Lipinski definition) is 3. The summed E-state index contributed by atoms with van der Waals surface area (Å²) in [7, 11) is 0. The molecule has 1 heterocycles. The molecule has 0 unspecified atom stereocenters. The molecule has 0 amide bonds. The van der Waals surface area contributed by atoms with Gasteiger partial charge in [0.15, 0.2) is 5.96 Å². The highest BCUT2D eigenvalue weighted by molar-refractivity contribution is 14.0. The number of hydrogen-bond donors (Lipinski definition) is 2. The van der Waals surface area contributed by atoms with Gasteiger partial charge in [0, 0.05) is 19.3 Å². The molecule has 0 atom stereocenters. The molecule has 7 heteroatoms. The number of rotatable bonds is 9. The molecule has 0 saturated carbocycles. The van der Waals surface area contributed by atoms with E-state index in [1.165, 1.54) is 11.1 Å². The number of ether oxygens (including phenoxy) is 1. The van der Waals surface area contributed by atoms with Crippen molar-refractivity contribution in [3.05, 3.63) is 64.4 Å². The molecule has 5 nitrogen and oxygen atoms in total. The third-order valence-corrected chi connectivity index (χ3v) is 4.06. The number of guanidine groups is 1. The predicted octanol–water partition coefficient (Wildman–Crippen LogP) is 4.58. The molecule has 28 heavy (non-hydrogen) atoms. The van der Waals surface area contributed by atoms with E-state index in [1.807, 2.05) is 26.0 Å². The maximum atomic E-state index is 5.82. The largest absolute Gasteiger partial charge is 0.374 e. The fourth-order valence-electron chi connectivity index (χ4n) is 2.47. The zero-order chi connectivity index (χ0) is 19.5. The second-order valence-corrected chi connectivity index (χ2v) is 6.93. The maximum Gasteiger partial charge on any atom is 0.191 e. The molecule has 1 aromatic carbocycles. The van der Waals surface area contributed by atoms with Crippen LogP contribution in [0.3, 0.4) is 0 Å². The first-order valence-electron chi connectivity index (χ1n) is 9.39. The SMILES string of the molecule is CCNC(=NCc1cccc(COC(C)C)c1)NCCc1ccc(Cl)nc1.I. The molecule has 0 radical (unpaired) electrons. The van der Waals surface area contributed by atoms with Crippen molar-refractivity contribution in [2.45, 2.75) is 46.4 Å². The number of aromatic nitrogens is 1. The molecule has 0 fully saturated rings. The molecule has 2 aromatic rings. The summed E-state index contributed by atoms with van der Waals surface area (Å²) in [5, 5.41) is 7.16. The van der Waals surface area contributed by atoms with Gasteiger partial charge in [0.1, 0.15) is 5.15 Å². The second kappa shape index (κ2) is 13.7. The number of pyridine rings is 1. The monoisotopic (exact) mass is 516 g/mol. The molecule has 2 rings (SSSR count). The lowest BCUT2D eigenvalue weighted by Crippen LogP contribution is -2.38. The highest BCUT2D eigenvalue weighted by Crippen LogP contribution is 2.09. The Kier molecular flexibility index (Phi) is 12.1. The van der Waals surface area contributed by atoms with Gasteiger partial charge in [0.25, 0.3) is 0 Å². The number of halogens is 2. The highest BCUT2D eigenvalue weighted by Gasteiger charge is 2.01. The Morgan fingerprint density at radius 1 is 1.14 bits per heavy atom. The number of nitrogens with one attached hydrogen (secondary N) is 2. The van der Waals surface area contributed by atoms with Crippen molar-refractivity contribution < 1.29 is 4.74 Å². The third-order valence-electron chi connectivity index (χ3n) is 3.83. The molecule has 0 aliphatic heterocycles. The van der Waals surface area contributed by atoms with E-state index in [2.05, 4.69) is 51.8 Å². The minimum atomic E-state index is 0. The van der Waals surface area contributed by atoms with E-state index in [9.17, 15) is 0 Å². The normalized spacial score (nSPS) is 11.2. The fourth-order valence-corrected chi connectivity index (χ4v) is 2.58. The minimum Gasteiger partial charge on any atom is -0.374 e. The first kappa shape index (κ1) is 24.7. The summed E-state index contributed by atoms with van der Waals surface area (Å²) in [6, 6.07) is 12.2. The summed E-state index contributed by atoms with van der Waals surface area (Å²) < 4.78 is 5.68. The first-order chi connectivity index (χ1) is 13.1. The Labute approximate surface area is 190 Å². The summed E-state index contributed by atoms with van der Waals surface area (Å²) in [6.45, 7) is 8.99. The highest BCUT2D eigenvalue weighted by atomic mass is 127. The molecule has 0 aliphatic carbocycles. The van der Waals surface area contributed by atoms with Crippen LogP contribution in [0.5, 0.6) is 0 Å². The van der Waals surface area contributed by atoms with Gasteiger partial charge in [-0.25, -0.2) is 9.98 Å². The van der Waals surface area contributed by atoms with Crippen molar-refractivity contribution in [2.75, 3.05) is 13.1 Å². The van der Waals surface area contributed by atoms with Gasteiger partial charge in [-0.3, -0.25) is 0 Å². The van der Waals surface area contributed by atoms with E-state index in [-0.39, 0.29) is 30.1 Å². The molecule has 1 aromatic heterocycles. The lowest BCUT2D eigenvalue weighted by molar-refractivity contribution is 0.0657. The predicted molar refractivity (Wildman–Crippen MR) is 128 cm³/mol. The first-order valence-corrected chi connectivity index (χ1v) is 9.76. The zero-order valence-corrected chi connectivity index (χ0v) is 19.8. The molecule has 0 bridgehead atoms. The van der Waals surface area contributed by atoms with Crippen LogP contribution in [0.15, 0.2) is 47.6 Å². The van der Waals surface area contributed by atoms with Crippen LogP contribution in [0.4, 0.5) is 0 Å². The lowest BCUT2D eigenvalue weighted by Gasteiger charge is -2.12. The minimum absolute atomic E-state index is 0. The number of benzene rings is 1. The second-order valence-electron chi connectivity index (χ2n) is 6.54. The van der Waals surface area contributed by atoms with Gasteiger partial charge >= 0.3 is 0 Å². The van der Waals surface area contributed by atoms with Crippen molar-refractivity contribution in [3.8, 4) is 0 Å². The van der Waals surface area contributed by atoms with Crippen LogP contribution in [0, 0.1) is 0 Å². The van der Waals surface area contributed by atoms with Crippen LogP contribution in [-0.2, 0) is 24.3 Å². The van der Waals surface area contributed by atoms with Crippen molar-refractivity contribution in [1.82, 2.24) is 15.6 Å². The molecule has 0 spiro atoms. The van der Waals surface area contributed by atoms with Crippen molar-refractivity contribution >= 4 is 41.5 Å². The van der Waals surface area contributed by atoms with Crippen molar-refractivity contribution in [1.29, 1.82) is 0 Å². The van der Waals surface area contributed by atoms with Crippen molar-refractivity contribution in [3.63, 3.8) is 0 Å². The fraction of sp³-hybridized carbons (Fsp3) is 0.429. The van der Waals surface area contributed by atoms with E-state index in [0.29, 0.717) is 18.3 Å². The average Bonchev–Trinajstić information content (AvgIpc) is 2.66. The van der Waals surface area contributed by atoms with Gasteiger partial charge in [-0.15, -0.1) is 24.0 Å². The van der Waals surface area contributed by atoms with E-state index in [0.717, 1.165) is 31.0 Å². The third kappa shape index (κ3) is 9.71. The average molecular weight is 517 g/mol. The van der Waals surface area contributed by atoms with Crippen LogP contribution < -0.4 is 10.6 Å². The van der Waals surface area contributed by atoms with E-state index in [1.54, 1.807) is 6.20 Å². The standard InChI is InChI=1S/C21H29ClN4O.HI/c1-4-23-21(24-11-10-17-8-9-20(22)25-13-17)26-14-18-6-5-7-19(12-18)15-27-16(2)3;/h5-9,12-13,16H,4,10-11,14-15H2,1-3H3,(H2,23,24,26);1H. The summed E-state index contributed by atoms with van der Waals surface area (Å²) in [6.07, 6.45) is 2.89. The molecule has 154 valence electrons. The Hall–Kier alpha value is -1.38. The maximum absolute atomic E-state index is 5.82. The Balaban J connectivity index is 0.00000392. The van der Waals surface area contributed by atoms with Crippen LogP contribution in [-0.4, -0.2) is 30.1 Å². The van der Waals surface area contributed by atoms with E-state index >= 15 is 0 Å². The molecule has 2 N–H and O–H groups in total. The quantitative estimate of drug-likeness (QED) is 0.222. The topological polar surface area (TPSA) is 58.5 Å². The summed E-state index contributed by atoms with van der Waals surface area (Å²) >= 11 is 5.82. The van der Waals surface area contributed by atoms with Gasteiger partial charge in [-0.2, -0.15) is 0 Å². The summed E-state index contributed by atoms with van der Waals surface area (Å²) in [4.78, 5) is 8.79.